The largest absolute Gasteiger partial charge is 0.381 e. The molecule has 0 radical (unpaired) electrons. The molecule has 3 aliphatic carbocycles. The quantitative estimate of drug-likeness (QED) is 0.329. The fourth-order valence-corrected chi connectivity index (χ4v) is 9.04. The van der Waals surface area contributed by atoms with Gasteiger partial charge in [0.15, 0.2) is 0 Å². The summed E-state index contributed by atoms with van der Waals surface area (Å²) in [6.45, 7) is 12.0. The first-order valence-corrected chi connectivity index (χ1v) is 16.5. The van der Waals surface area contributed by atoms with E-state index in [-0.39, 0.29) is 39.9 Å². The lowest BCUT2D eigenvalue weighted by atomic mass is 9.73. The van der Waals surface area contributed by atoms with E-state index in [0.29, 0.717) is 39.0 Å². The second-order valence-electron chi connectivity index (χ2n) is 15.8. The Morgan fingerprint density at radius 3 is 2.07 bits per heavy atom. The minimum absolute atomic E-state index is 0.0380. The van der Waals surface area contributed by atoms with Gasteiger partial charge in [-0.3, -0.25) is 24.0 Å². The predicted octanol–water partition coefficient (Wildman–Crippen LogP) is 2.86. The summed E-state index contributed by atoms with van der Waals surface area (Å²) in [6.07, 6.45) is 9.12. The lowest BCUT2D eigenvalue weighted by Gasteiger charge is -2.36. The third-order valence-electron chi connectivity index (χ3n) is 12.3. The van der Waals surface area contributed by atoms with E-state index >= 15 is 0 Å². The lowest BCUT2D eigenvalue weighted by molar-refractivity contribution is -0.145. The van der Waals surface area contributed by atoms with Crippen LogP contribution in [0.25, 0.3) is 0 Å². The summed E-state index contributed by atoms with van der Waals surface area (Å²) in [4.78, 5) is 68.2. The Bertz CT molecular complexity index is 1150. The lowest BCUT2D eigenvalue weighted by Crippen LogP contribution is -2.59. The van der Waals surface area contributed by atoms with Gasteiger partial charge in [0, 0.05) is 31.6 Å². The van der Waals surface area contributed by atoms with Crippen LogP contribution in [0.2, 0.25) is 0 Å². The summed E-state index contributed by atoms with van der Waals surface area (Å²) >= 11 is 0. The third kappa shape index (κ3) is 5.50. The summed E-state index contributed by atoms with van der Waals surface area (Å²) in [6, 6.07) is -2.61. The Kier molecular flexibility index (Phi) is 8.51. The molecule has 3 saturated carbocycles. The van der Waals surface area contributed by atoms with Crippen molar-refractivity contribution in [2.24, 2.45) is 39.2 Å². The van der Waals surface area contributed by atoms with Crippen molar-refractivity contribution >= 4 is 29.4 Å². The minimum atomic E-state index is -1.06. The SMILES string of the molecule is CC(C)(C)[C@H](NC(=O)CC1CCOCC1)C(=O)N1C[C@]2(C[C@H]1C(=O)NC(CC1CCC1)C(=O)C(N)=O)C(C)(C)C21CCC1. The van der Waals surface area contributed by atoms with Crippen LogP contribution in [0.3, 0.4) is 0 Å². The van der Waals surface area contributed by atoms with Crippen molar-refractivity contribution < 1.29 is 28.7 Å². The maximum Gasteiger partial charge on any atom is 0.287 e. The molecule has 4 atom stereocenters. The van der Waals surface area contributed by atoms with Crippen molar-refractivity contribution in [3.05, 3.63) is 0 Å². The monoisotopic (exact) mass is 600 g/mol. The van der Waals surface area contributed by atoms with Gasteiger partial charge < -0.3 is 26.0 Å². The fourth-order valence-electron chi connectivity index (χ4n) is 9.04. The zero-order valence-corrected chi connectivity index (χ0v) is 26.8. The zero-order valence-electron chi connectivity index (χ0n) is 26.8. The van der Waals surface area contributed by atoms with Gasteiger partial charge >= 0.3 is 0 Å². The highest BCUT2D eigenvalue weighted by Crippen LogP contribution is 2.88. The third-order valence-corrected chi connectivity index (χ3v) is 12.3. The molecule has 10 nitrogen and oxygen atoms in total. The highest BCUT2D eigenvalue weighted by atomic mass is 16.5. The molecule has 10 heteroatoms. The van der Waals surface area contributed by atoms with Crippen LogP contribution in [-0.2, 0) is 28.7 Å². The number of carbonyl (C=O) groups is 5. The maximum atomic E-state index is 14.5. The van der Waals surface area contributed by atoms with Crippen LogP contribution in [0.15, 0.2) is 0 Å². The number of nitrogens with two attached hydrogens (primary N) is 1. The Labute approximate surface area is 256 Å². The molecule has 5 aliphatic rings. The predicted molar refractivity (Wildman–Crippen MR) is 160 cm³/mol. The number of carbonyl (C=O) groups excluding carboxylic acids is 5. The average Bonchev–Trinajstić information content (AvgIpc) is 3.11. The van der Waals surface area contributed by atoms with E-state index < -0.39 is 41.1 Å². The first-order chi connectivity index (χ1) is 20.1. The highest BCUT2D eigenvalue weighted by molar-refractivity contribution is 6.37. The van der Waals surface area contributed by atoms with Crippen LogP contribution >= 0.6 is 0 Å². The number of ketones is 1. The Morgan fingerprint density at radius 1 is 0.930 bits per heavy atom. The van der Waals surface area contributed by atoms with Crippen molar-refractivity contribution in [1.29, 1.82) is 0 Å². The van der Waals surface area contributed by atoms with Crippen LogP contribution in [0.5, 0.6) is 0 Å². The fraction of sp³-hybridized carbons (Fsp3) is 0.848. The van der Waals surface area contributed by atoms with Crippen molar-refractivity contribution in [2.45, 2.75) is 123 Å². The maximum absolute atomic E-state index is 14.5. The summed E-state index contributed by atoms with van der Waals surface area (Å²) in [7, 11) is 0. The van der Waals surface area contributed by atoms with Gasteiger partial charge in [-0.05, 0) is 66.6 Å². The minimum Gasteiger partial charge on any atom is -0.381 e. The Morgan fingerprint density at radius 2 is 1.58 bits per heavy atom. The van der Waals surface area contributed by atoms with Gasteiger partial charge in [0.1, 0.15) is 12.1 Å². The number of ether oxygens (including phenoxy) is 1. The number of Topliss-reactive ketones (excluding diaryl/α,β-unsaturated/α-hetero) is 1. The first-order valence-electron chi connectivity index (χ1n) is 16.5. The first kappa shape index (κ1) is 31.9. The van der Waals surface area contributed by atoms with E-state index in [0.717, 1.165) is 51.4 Å². The average molecular weight is 601 g/mol. The molecular formula is C33H52N4O6. The van der Waals surface area contributed by atoms with E-state index in [2.05, 4.69) is 24.5 Å². The molecule has 1 unspecified atom stereocenters. The molecule has 2 saturated heterocycles. The molecule has 0 bridgehead atoms. The van der Waals surface area contributed by atoms with E-state index in [4.69, 9.17) is 10.5 Å². The van der Waals surface area contributed by atoms with Crippen molar-refractivity contribution in [3.63, 3.8) is 0 Å². The highest BCUT2D eigenvalue weighted by Gasteiger charge is 2.85. The van der Waals surface area contributed by atoms with Crippen LogP contribution in [0, 0.1) is 33.5 Å². The van der Waals surface area contributed by atoms with Gasteiger partial charge in [-0.25, -0.2) is 0 Å². The number of amides is 4. The molecule has 5 fully saturated rings. The van der Waals surface area contributed by atoms with Gasteiger partial charge in [0.05, 0.1) is 6.04 Å². The van der Waals surface area contributed by atoms with E-state index in [1.807, 2.05) is 20.8 Å². The second-order valence-corrected chi connectivity index (χ2v) is 15.8. The molecule has 4 amide bonds. The van der Waals surface area contributed by atoms with Crippen molar-refractivity contribution in [1.82, 2.24) is 15.5 Å². The number of fused-ring (bicyclic) bond motifs is 1. The van der Waals surface area contributed by atoms with Crippen molar-refractivity contribution in [2.75, 3.05) is 19.8 Å². The zero-order chi connectivity index (χ0) is 31.4. The standard InChI is InChI=1S/C33H52N4O6/c1-30(2,3)26(36-24(38)17-21-10-14-43-15-11-21)29(42)37-19-33(31(4,5)32(33)12-7-13-32)18-23(37)28(41)35-22(25(39)27(34)40)16-20-8-6-9-20/h20-23,26H,6-19H2,1-5H3,(H2,34,40)(H,35,41)(H,36,38)/t22?,23-,26+,33+/m0/s1. The number of rotatable bonds is 10. The number of nitrogens with one attached hydrogen (secondary N) is 2. The number of likely N-dealkylation sites (tertiary alicyclic amines) is 1. The number of hydrogen-bond acceptors (Lipinski definition) is 6. The van der Waals surface area contributed by atoms with Crippen LogP contribution < -0.4 is 16.4 Å². The van der Waals surface area contributed by atoms with Gasteiger partial charge in [-0.1, -0.05) is 60.3 Å². The second kappa shape index (κ2) is 11.5. The topological polar surface area (TPSA) is 148 Å². The number of hydrogen-bond donors (Lipinski definition) is 3. The Balaban J connectivity index is 1.39. The smallest absolute Gasteiger partial charge is 0.287 e. The number of primary amides is 1. The van der Waals surface area contributed by atoms with Gasteiger partial charge in [-0.2, -0.15) is 0 Å². The summed E-state index contributed by atoms with van der Waals surface area (Å²) < 4.78 is 5.44. The van der Waals surface area contributed by atoms with Crippen LogP contribution in [-0.4, -0.2) is 72.2 Å². The van der Waals surface area contributed by atoms with Gasteiger partial charge in [0.2, 0.25) is 23.5 Å². The van der Waals surface area contributed by atoms with Gasteiger partial charge in [0.25, 0.3) is 5.91 Å². The molecule has 2 heterocycles. The molecular weight excluding hydrogens is 548 g/mol. The van der Waals surface area contributed by atoms with Crippen molar-refractivity contribution in [3.8, 4) is 0 Å². The molecule has 0 aromatic carbocycles. The van der Waals surface area contributed by atoms with Crippen LogP contribution in [0.1, 0.15) is 105 Å². The Hall–Kier alpha value is -2.49. The summed E-state index contributed by atoms with van der Waals surface area (Å²) in [5.74, 6) is -2.21. The normalized spacial score (nSPS) is 29.3. The molecule has 2 aliphatic heterocycles. The molecule has 2 spiro atoms. The molecule has 0 aromatic rings. The molecule has 4 N–H and O–H groups in total. The van der Waals surface area contributed by atoms with E-state index in [1.54, 1.807) is 4.90 Å². The van der Waals surface area contributed by atoms with Crippen LogP contribution in [0.4, 0.5) is 0 Å². The van der Waals surface area contributed by atoms with E-state index in [1.165, 1.54) is 0 Å². The van der Waals surface area contributed by atoms with Gasteiger partial charge in [-0.15, -0.1) is 0 Å². The summed E-state index contributed by atoms with van der Waals surface area (Å²) in [5, 5.41) is 5.93. The summed E-state index contributed by atoms with van der Waals surface area (Å²) in [5.41, 5.74) is 4.62. The number of nitrogens with zero attached hydrogens (tertiary/aromatic N) is 1. The van der Waals surface area contributed by atoms with E-state index in [9.17, 15) is 24.0 Å². The molecule has 0 aromatic heterocycles. The molecule has 240 valence electrons. The molecule has 5 rings (SSSR count). The molecule has 43 heavy (non-hydrogen) atoms.